The van der Waals surface area contributed by atoms with Crippen LogP contribution >= 0.6 is 22.9 Å². The summed E-state index contributed by atoms with van der Waals surface area (Å²) >= 11 is 7.24. The second-order valence-corrected chi connectivity index (χ2v) is 6.74. The van der Waals surface area contributed by atoms with Crippen LogP contribution in [0.1, 0.15) is 11.3 Å². The lowest BCUT2D eigenvalue weighted by Gasteiger charge is -2.02. The van der Waals surface area contributed by atoms with Crippen LogP contribution in [0.5, 0.6) is 0 Å². The zero-order chi connectivity index (χ0) is 16.1. The molecule has 0 spiro atoms. The summed E-state index contributed by atoms with van der Waals surface area (Å²) in [7, 11) is 0. The van der Waals surface area contributed by atoms with Crippen molar-refractivity contribution in [3.63, 3.8) is 0 Å². The molecule has 0 amide bonds. The monoisotopic (exact) mass is 342 g/mol. The minimum Gasteiger partial charge on any atom is -0.266 e. The van der Waals surface area contributed by atoms with Gasteiger partial charge < -0.3 is 0 Å². The molecule has 0 radical (unpaired) electrons. The number of nitrogens with zero attached hydrogens (tertiary/aromatic N) is 4. The molecule has 4 rings (SSSR count). The van der Waals surface area contributed by atoms with Gasteiger partial charge in [0.15, 0.2) is 0 Å². The lowest BCUT2D eigenvalue weighted by atomic mass is 10.2. The highest BCUT2D eigenvalue weighted by molar-refractivity contribution is 7.25. The zero-order valence-electron chi connectivity index (χ0n) is 12.4. The van der Waals surface area contributed by atoms with Crippen molar-refractivity contribution in [3.05, 3.63) is 57.0 Å². The van der Waals surface area contributed by atoms with Gasteiger partial charge >= 0.3 is 0 Å². The molecule has 0 bridgehead atoms. The molecule has 0 saturated heterocycles. The molecular formula is C16H11ClN4OS. The Balaban J connectivity index is 2.03. The average molecular weight is 343 g/mol. The number of thiophene rings is 1. The van der Waals surface area contributed by atoms with E-state index in [1.807, 2.05) is 19.9 Å². The third-order valence-electron chi connectivity index (χ3n) is 3.79. The highest BCUT2D eigenvalue weighted by Crippen LogP contribution is 2.30. The lowest BCUT2D eigenvalue weighted by Crippen LogP contribution is -2.21. The molecule has 1 aromatic carbocycles. The Morgan fingerprint density at radius 2 is 1.91 bits per heavy atom. The van der Waals surface area contributed by atoms with E-state index >= 15 is 0 Å². The van der Waals surface area contributed by atoms with Gasteiger partial charge in [0.25, 0.3) is 5.56 Å². The number of benzene rings is 1. The van der Waals surface area contributed by atoms with Gasteiger partial charge in [0.05, 0.1) is 5.69 Å². The molecule has 0 fully saturated rings. The maximum atomic E-state index is 12.8. The van der Waals surface area contributed by atoms with Crippen molar-refractivity contribution in [2.24, 2.45) is 0 Å². The highest BCUT2D eigenvalue weighted by atomic mass is 35.5. The van der Waals surface area contributed by atoms with Gasteiger partial charge in [-0.15, -0.1) is 16.4 Å². The van der Waals surface area contributed by atoms with Crippen molar-refractivity contribution in [1.29, 1.82) is 0 Å². The summed E-state index contributed by atoms with van der Waals surface area (Å²) in [5, 5.41) is 9.80. The summed E-state index contributed by atoms with van der Waals surface area (Å²) in [6.07, 6.45) is 0. The molecule has 4 aromatic rings. The fourth-order valence-corrected chi connectivity index (χ4v) is 3.61. The number of rotatable bonds is 1. The van der Waals surface area contributed by atoms with Gasteiger partial charge in [0.1, 0.15) is 15.0 Å². The second-order valence-electron chi connectivity index (χ2n) is 5.31. The molecule has 0 N–H and O–H groups in total. The molecule has 114 valence electrons. The number of aryl methyl sites for hydroxylation is 2. The summed E-state index contributed by atoms with van der Waals surface area (Å²) < 4.78 is 1.84. The molecule has 0 unspecified atom stereocenters. The minimum atomic E-state index is -0.198. The molecular weight excluding hydrogens is 332 g/mol. The SMILES string of the molecule is Cc1cc2c(nc1C)sc1c(=O)n(-c3ccc(Cl)cc3)nnc12. The van der Waals surface area contributed by atoms with Gasteiger partial charge in [-0.3, -0.25) is 4.79 Å². The maximum absolute atomic E-state index is 12.8. The van der Waals surface area contributed by atoms with Crippen LogP contribution in [0.2, 0.25) is 5.02 Å². The van der Waals surface area contributed by atoms with Crippen LogP contribution in [0, 0.1) is 13.8 Å². The largest absolute Gasteiger partial charge is 0.292 e. The maximum Gasteiger partial charge on any atom is 0.292 e. The van der Waals surface area contributed by atoms with E-state index in [9.17, 15) is 4.79 Å². The number of fused-ring (bicyclic) bond motifs is 3. The van der Waals surface area contributed by atoms with E-state index in [0.29, 0.717) is 20.9 Å². The lowest BCUT2D eigenvalue weighted by molar-refractivity contribution is 0.740. The number of pyridine rings is 1. The van der Waals surface area contributed by atoms with Crippen molar-refractivity contribution in [1.82, 2.24) is 20.0 Å². The Morgan fingerprint density at radius 1 is 1.17 bits per heavy atom. The summed E-state index contributed by atoms with van der Waals surface area (Å²) in [4.78, 5) is 18.1. The minimum absolute atomic E-state index is 0.198. The normalized spacial score (nSPS) is 11.4. The van der Waals surface area contributed by atoms with E-state index < -0.39 is 0 Å². The molecule has 7 heteroatoms. The number of hydrogen-bond acceptors (Lipinski definition) is 5. The Morgan fingerprint density at radius 3 is 2.65 bits per heavy atom. The smallest absolute Gasteiger partial charge is 0.266 e. The fraction of sp³-hybridized carbons (Fsp3) is 0.125. The van der Waals surface area contributed by atoms with E-state index in [1.54, 1.807) is 24.3 Å². The highest BCUT2D eigenvalue weighted by Gasteiger charge is 2.15. The zero-order valence-corrected chi connectivity index (χ0v) is 13.9. The Hall–Kier alpha value is -2.31. The average Bonchev–Trinajstić information content (AvgIpc) is 2.88. The topological polar surface area (TPSA) is 60.7 Å². The molecule has 3 heterocycles. The molecule has 3 aromatic heterocycles. The van der Waals surface area contributed by atoms with Crippen LogP contribution in [0.3, 0.4) is 0 Å². The first-order valence-electron chi connectivity index (χ1n) is 6.97. The van der Waals surface area contributed by atoms with Crippen LogP contribution in [-0.4, -0.2) is 20.0 Å². The molecule has 0 aliphatic rings. The number of halogens is 1. The summed E-state index contributed by atoms with van der Waals surface area (Å²) in [6.45, 7) is 3.95. The van der Waals surface area contributed by atoms with E-state index in [0.717, 1.165) is 21.5 Å². The van der Waals surface area contributed by atoms with Gasteiger partial charge in [-0.05, 0) is 49.7 Å². The van der Waals surface area contributed by atoms with E-state index in [4.69, 9.17) is 11.6 Å². The predicted molar refractivity (Wildman–Crippen MR) is 92.8 cm³/mol. The first-order chi connectivity index (χ1) is 11.0. The van der Waals surface area contributed by atoms with Gasteiger partial charge in [0.2, 0.25) is 0 Å². The summed E-state index contributed by atoms with van der Waals surface area (Å²) in [5.74, 6) is 0. The van der Waals surface area contributed by atoms with Gasteiger partial charge in [-0.25, -0.2) is 4.98 Å². The van der Waals surface area contributed by atoms with E-state index in [2.05, 4.69) is 15.3 Å². The quantitative estimate of drug-likeness (QED) is 0.529. The first-order valence-corrected chi connectivity index (χ1v) is 8.16. The van der Waals surface area contributed by atoms with Crippen molar-refractivity contribution >= 4 is 43.4 Å². The molecule has 23 heavy (non-hydrogen) atoms. The third-order valence-corrected chi connectivity index (χ3v) is 5.12. The van der Waals surface area contributed by atoms with Crippen LogP contribution in [0.15, 0.2) is 35.1 Å². The van der Waals surface area contributed by atoms with Gasteiger partial charge in [-0.1, -0.05) is 16.8 Å². The summed E-state index contributed by atoms with van der Waals surface area (Å²) in [6, 6.07) is 8.92. The van der Waals surface area contributed by atoms with Crippen molar-refractivity contribution < 1.29 is 0 Å². The van der Waals surface area contributed by atoms with Gasteiger partial charge in [0, 0.05) is 16.1 Å². The number of aromatic nitrogens is 4. The standard InChI is InChI=1S/C16H11ClN4OS/c1-8-7-12-13-14(23-15(12)18-9(8)2)16(22)21(20-19-13)11-5-3-10(17)4-6-11/h3-7H,1-2H3. The van der Waals surface area contributed by atoms with Crippen molar-refractivity contribution in [2.75, 3.05) is 0 Å². The van der Waals surface area contributed by atoms with E-state index in [1.165, 1.54) is 16.0 Å². The molecule has 0 saturated carbocycles. The number of hydrogen-bond donors (Lipinski definition) is 0. The van der Waals surface area contributed by atoms with Crippen LogP contribution in [-0.2, 0) is 0 Å². The molecule has 0 aliphatic carbocycles. The predicted octanol–water partition coefficient (Wildman–Crippen LogP) is 3.66. The Kier molecular flexibility index (Phi) is 3.18. The fourth-order valence-electron chi connectivity index (χ4n) is 2.42. The molecule has 0 atom stereocenters. The van der Waals surface area contributed by atoms with Gasteiger partial charge in [-0.2, -0.15) is 4.68 Å². The van der Waals surface area contributed by atoms with E-state index in [-0.39, 0.29) is 5.56 Å². The Labute approximate surface area is 140 Å². The summed E-state index contributed by atoms with van der Waals surface area (Å²) in [5.41, 5.74) is 3.06. The van der Waals surface area contributed by atoms with Crippen LogP contribution < -0.4 is 5.56 Å². The second kappa shape index (κ2) is 5.11. The van der Waals surface area contributed by atoms with Crippen LogP contribution in [0.25, 0.3) is 26.1 Å². The Bertz CT molecular complexity index is 1120. The van der Waals surface area contributed by atoms with Crippen LogP contribution in [0.4, 0.5) is 0 Å². The third kappa shape index (κ3) is 2.22. The first kappa shape index (κ1) is 14.3. The molecule has 5 nitrogen and oxygen atoms in total. The molecule has 0 aliphatic heterocycles. The van der Waals surface area contributed by atoms with Crippen molar-refractivity contribution in [3.8, 4) is 5.69 Å². The van der Waals surface area contributed by atoms with Crippen molar-refractivity contribution in [2.45, 2.75) is 13.8 Å².